The maximum Gasteiger partial charge on any atom is 0.242 e. The van der Waals surface area contributed by atoms with Gasteiger partial charge < -0.3 is 63.9 Å². The first-order valence-corrected chi connectivity index (χ1v) is 35.5. The monoisotopic (exact) mass is 1290 g/mol. The number of hydrogen-bond acceptors (Lipinski definition) is 13. The standard InChI is InChI=1S/C69H131N9O13/c1-9-13-17-21-25-29-33-37-41-72(53-62(70)80)64(82)58-76(46-50-89-6)68(86)56-74(43-39-35-31-27-23-19-15-11-3)66(84)60-78(48-52-91-8)69(87)57-75(44-40-36-32-28-24-20-16-12-4)65(83)59-77(47-51-90-7)67(85)55-73(42-38-34-30-26-22-18-14-10-2)63(81)54-71(61-79)45-49-88-5/h61H,9-60H2,1-8H3,(H2,70,80). The van der Waals surface area contributed by atoms with Gasteiger partial charge in [-0.15, -0.1) is 0 Å². The predicted octanol–water partition coefficient (Wildman–Crippen LogP) is 8.88. The number of amides is 9. The molecule has 22 nitrogen and oxygen atoms in total. The Balaban J connectivity index is 7.04. The molecule has 22 heteroatoms. The lowest BCUT2D eigenvalue weighted by atomic mass is 10.1. The molecule has 0 aliphatic carbocycles. The van der Waals surface area contributed by atoms with Crippen LogP contribution in [0, 0.1) is 0 Å². The van der Waals surface area contributed by atoms with Crippen LogP contribution < -0.4 is 5.73 Å². The molecule has 2 N–H and O–H groups in total. The topological polar surface area (TPSA) is 242 Å². The largest absolute Gasteiger partial charge is 0.383 e. The molecule has 91 heavy (non-hydrogen) atoms. The summed E-state index contributed by atoms with van der Waals surface area (Å²) < 4.78 is 21.4. The number of unbranched alkanes of at least 4 members (excludes halogenated alkanes) is 28. The average Bonchev–Trinajstić information content (AvgIpc) is 2.63. The van der Waals surface area contributed by atoms with Crippen molar-refractivity contribution in [3.8, 4) is 0 Å². The predicted molar refractivity (Wildman–Crippen MR) is 361 cm³/mol. The second kappa shape index (κ2) is 60.0. The first-order valence-electron chi connectivity index (χ1n) is 35.5. The van der Waals surface area contributed by atoms with E-state index in [0.29, 0.717) is 38.6 Å². The number of rotatable bonds is 65. The van der Waals surface area contributed by atoms with Crippen LogP contribution in [0.15, 0.2) is 0 Å². The van der Waals surface area contributed by atoms with Gasteiger partial charge in [0, 0.05) is 80.8 Å². The molecular weight excluding hydrogens is 1160 g/mol. The Bertz CT molecular complexity index is 1900. The van der Waals surface area contributed by atoms with E-state index in [4.69, 9.17) is 24.7 Å². The van der Waals surface area contributed by atoms with Crippen molar-refractivity contribution >= 4 is 53.7 Å². The number of hydrogen-bond donors (Lipinski definition) is 1. The second-order valence-corrected chi connectivity index (χ2v) is 24.6. The zero-order chi connectivity index (χ0) is 67.5. The van der Waals surface area contributed by atoms with Gasteiger partial charge in [-0.25, -0.2) is 0 Å². The molecule has 0 aromatic heterocycles. The Kier molecular flexibility index (Phi) is 56.8. The summed E-state index contributed by atoms with van der Waals surface area (Å²) in [5.74, 6) is -4.02. The summed E-state index contributed by atoms with van der Waals surface area (Å²) in [5, 5.41) is 0. The zero-order valence-electron chi connectivity index (χ0n) is 58.8. The van der Waals surface area contributed by atoms with Gasteiger partial charge >= 0.3 is 0 Å². The lowest BCUT2D eigenvalue weighted by Gasteiger charge is -2.32. The number of methoxy groups -OCH3 is 4. The third kappa shape index (κ3) is 45.9. The second-order valence-electron chi connectivity index (χ2n) is 24.6. The minimum atomic E-state index is -0.659. The quantitative estimate of drug-likeness (QED) is 0.0442. The number of nitrogens with two attached hydrogens (primary N) is 1. The highest BCUT2D eigenvalue weighted by Crippen LogP contribution is 2.15. The third-order valence-corrected chi connectivity index (χ3v) is 16.7. The summed E-state index contributed by atoms with van der Waals surface area (Å²) in [6.45, 7) is 7.63. The fraction of sp³-hybridized carbons (Fsp3) is 0.870. The number of carbonyl (C=O) groups is 9. The van der Waals surface area contributed by atoms with Crippen molar-refractivity contribution < 1.29 is 62.1 Å². The molecule has 530 valence electrons. The SMILES string of the molecule is CCCCCCCCCCN(CC(N)=O)C(=O)CN(CCOC)C(=O)CN(CCCCCCCCCC)C(=O)CN(CCOC)C(=O)CN(CCCCCCCCCC)C(=O)CN(CCOC)C(=O)CN(CCCCCCCCCC)C(=O)CN(C=O)CCOC. The molecular formula is C69H131N9O13. The van der Waals surface area contributed by atoms with Crippen molar-refractivity contribution in [3.05, 3.63) is 0 Å². The highest BCUT2D eigenvalue weighted by atomic mass is 16.5. The Labute approximate surface area is 551 Å². The van der Waals surface area contributed by atoms with Crippen LogP contribution >= 0.6 is 0 Å². The van der Waals surface area contributed by atoms with E-state index in [1.807, 2.05) is 0 Å². The van der Waals surface area contributed by atoms with Crippen LogP contribution in [0.2, 0.25) is 0 Å². The van der Waals surface area contributed by atoms with E-state index in [-0.39, 0.29) is 105 Å². The van der Waals surface area contributed by atoms with Crippen LogP contribution in [-0.2, 0) is 62.1 Å². The van der Waals surface area contributed by atoms with E-state index in [9.17, 15) is 43.2 Å². The molecule has 0 heterocycles. The van der Waals surface area contributed by atoms with Gasteiger partial charge in [0.1, 0.15) is 0 Å². The molecule has 0 aromatic rings. The van der Waals surface area contributed by atoms with Gasteiger partial charge in [-0.3, -0.25) is 43.2 Å². The van der Waals surface area contributed by atoms with E-state index in [1.54, 1.807) is 0 Å². The van der Waals surface area contributed by atoms with Crippen LogP contribution in [0.5, 0.6) is 0 Å². The van der Waals surface area contributed by atoms with Gasteiger partial charge in [-0.2, -0.15) is 0 Å². The van der Waals surface area contributed by atoms with Crippen LogP contribution in [0.25, 0.3) is 0 Å². The van der Waals surface area contributed by atoms with Gasteiger partial charge in [-0.1, -0.05) is 207 Å². The third-order valence-electron chi connectivity index (χ3n) is 16.7. The number of nitrogens with zero attached hydrogens (tertiary/aromatic N) is 8. The van der Waals surface area contributed by atoms with Gasteiger partial charge in [-0.05, 0) is 25.7 Å². The minimum absolute atomic E-state index is 0.00238. The Morgan fingerprint density at radius 2 is 0.451 bits per heavy atom. The lowest BCUT2D eigenvalue weighted by molar-refractivity contribution is -0.149. The van der Waals surface area contributed by atoms with Gasteiger partial charge in [0.05, 0.1) is 78.8 Å². The fourth-order valence-electron chi connectivity index (χ4n) is 10.8. The number of carbonyl (C=O) groups excluding carboxylic acids is 9. The molecule has 0 aliphatic heterocycles. The van der Waals surface area contributed by atoms with Crippen LogP contribution in [-0.4, -0.2) is 252 Å². The smallest absolute Gasteiger partial charge is 0.242 e. The summed E-state index contributed by atoms with van der Waals surface area (Å²) in [5.41, 5.74) is 5.63. The van der Waals surface area contributed by atoms with Crippen molar-refractivity contribution in [2.75, 3.05) is 160 Å². The van der Waals surface area contributed by atoms with E-state index in [1.165, 1.54) is 113 Å². The molecule has 9 amide bonds. The fourth-order valence-corrected chi connectivity index (χ4v) is 10.8. The molecule has 0 atom stereocenters. The van der Waals surface area contributed by atoms with Crippen LogP contribution in [0.4, 0.5) is 0 Å². The average molecular weight is 1290 g/mol. The molecule has 0 aromatic carbocycles. The molecule has 0 spiro atoms. The Morgan fingerprint density at radius 3 is 0.659 bits per heavy atom. The van der Waals surface area contributed by atoms with Crippen molar-refractivity contribution in [2.24, 2.45) is 5.73 Å². The van der Waals surface area contributed by atoms with E-state index >= 15 is 0 Å². The maximum absolute atomic E-state index is 14.8. The molecule has 0 aliphatic rings. The summed E-state index contributed by atoms with van der Waals surface area (Å²) in [6.07, 6.45) is 33.1. The lowest BCUT2D eigenvalue weighted by Crippen LogP contribution is -2.53. The maximum atomic E-state index is 14.8. The van der Waals surface area contributed by atoms with Crippen molar-refractivity contribution in [2.45, 2.75) is 233 Å². The molecule has 0 unspecified atom stereocenters. The first-order chi connectivity index (χ1) is 44.1. The van der Waals surface area contributed by atoms with Crippen molar-refractivity contribution in [1.29, 1.82) is 0 Å². The molecule has 0 saturated carbocycles. The van der Waals surface area contributed by atoms with E-state index in [2.05, 4.69) is 27.7 Å². The van der Waals surface area contributed by atoms with E-state index in [0.717, 1.165) is 135 Å². The molecule has 0 rings (SSSR count). The molecule has 0 saturated heterocycles. The van der Waals surface area contributed by atoms with Gasteiger partial charge in [0.25, 0.3) is 0 Å². The minimum Gasteiger partial charge on any atom is -0.383 e. The zero-order valence-corrected chi connectivity index (χ0v) is 58.8. The van der Waals surface area contributed by atoms with Gasteiger partial charge in [0.15, 0.2) is 0 Å². The first kappa shape index (κ1) is 86.1. The number of primary amides is 1. The highest BCUT2D eigenvalue weighted by molar-refractivity contribution is 5.93. The molecule has 0 fully saturated rings. The Morgan fingerprint density at radius 1 is 0.264 bits per heavy atom. The summed E-state index contributed by atoms with van der Waals surface area (Å²) in [6, 6.07) is 0. The van der Waals surface area contributed by atoms with Crippen molar-refractivity contribution in [1.82, 2.24) is 39.2 Å². The summed E-state index contributed by atoms with van der Waals surface area (Å²) in [4.78, 5) is 137. The highest BCUT2D eigenvalue weighted by Gasteiger charge is 2.31. The van der Waals surface area contributed by atoms with E-state index < -0.39 is 66.9 Å². The van der Waals surface area contributed by atoms with Crippen LogP contribution in [0.3, 0.4) is 0 Å². The van der Waals surface area contributed by atoms with Gasteiger partial charge in [0.2, 0.25) is 53.7 Å². The van der Waals surface area contributed by atoms with Crippen LogP contribution in [0.1, 0.15) is 233 Å². The van der Waals surface area contributed by atoms with Crippen molar-refractivity contribution in [3.63, 3.8) is 0 Å². The summed E-state index contributed by atoms with van der Waals surface area (Å²) in [7, 11) is 5.98. The Hall–Kier alpha value is -4.93. The normalized spacial score (nSPS) is 11.1. The summed E-state index contributed by atoms with van der Waals surface area (Å²) >= 11 is 0. The molecule has 0 bridgehead atoms. The number of ether oxygens (including phenoxy) is 4. The molecule has 0 radical (unpaired) electrons.